The molecule has 4 nitrogen and oxygen atoms in total. The number of likely N-dealkylation sites (tertiary alicyclic amines) is 1. The van der Waals surface area contributed by atoms with E-state index in [1.807, 2.05) is 48.6 Å². The minimum Gasteiger partial charge on any atom is -0.344 e. The van der Waals surface area contributed by atoms with Gasteiger partial charge in [0.2, 0.25) is 11.8 Å². The third-order valence-electron chi connectivity index (χ3n) is 3.96. The molecule has 2 unspecified atom stereocenters. The monoisotopic (exact) mass is 282 g/mol. The van der Waals surface area contributed by atoms with E-state index in [0.717, 1.165) is 17.7 Å². The van der Waals surface area contributed by atoms with Crippen molar-refractivity contribution in [3.8, 4) is 0 Å². The zero-order valence-corrected chi connectivity index (χ0v) is 12.0. The third kappa shape index (κ3) is 2.61. The second-order valence-electron chi connectivity index (χ2n) is 5.45. The Bertz CT molecular complexity index is 619. The molecular weight excluding hydrogens is 264 g/mol. The van der Waals surface area contributed by atoms with Crippen molar-refractivity contribution < 1.29 is 9.59 Å². The highest BCUT2D eigenvalue weighted by molar-refractivity contribution is 5.91. The molecule has 1 N–H and O–H groups in total. The molecule has 0 aromatic heterocycles. The lowest BCUT2D eigenvalue weighted by molar-refractivity contribution is -0.132. The van der Waals surface area contributed by atoms with Crippen molar-refractivity contribution in [2.24, 2.45) is 5.92 Å². The molecule has 1 heterocycles. The molecule has 1 aromatic rings. The zero-order valence-electron chi connectivity index (χ0n) is 12.0. The molecule has 3 rings (SSSR count). The molecule has 0 spiro atoms. The average Bonchev–Trinajstić information content (AvgIpc) is 2.74. The summed E-state index contributed by atoms with van der Waals surface area (Å²) in [5.74, 6) is -0.132. The summed E-state index contributed by atoms with van der Waals surface area (Å²) in [4.78, 5) is 25.8. The number of carbonyl (C=O) groups is 2. The molecular formula is C17H18N2O2. The fraction of sp³-hybridized carbons (Fsp3) is 0.294. The van der Waals surface area contributed by atoms with E-state index in [1.165, 1.54) is 6.92 Å². The van der Waals surface area contributed by atoms with E-state index in [9.17, 15) is 9.59 Å². The molecule has 1 fully saturated rings. The molecule has 2 amide bonds. The van der Waals surface area contributed by atoms with Crippen LogP contribution in [0, 0.1) is 5.92 Å². The first kappa shape index (κ1) is 13.6. The van der Waals surface area contributed by atoms with E-state index in [0.29, 0.717) is 6.54 Å². The van der Waals surface area contributed by atoms with Crippen LogP contribution >= 0.6 is 0 Å². The van der Waals surface area contributed by atoms with Gasteiger partial charge < -0.3 is 10.2 Å². The Morgan fingerprint density at radius 2 is 2.10 bits per heavy atom. The highest BCUT2D eigenvalue weighted by Gasteiger charge is 2.44. The molecule has 0 radical (unpaired) electrons. The van der Waals surface area contributed by atoms with Gasteiger partial charge in [-0.15, -0.1) is 0 Å². The number of hydrogen-bond donors (Lipinski definition) is 1. The van der Waals surface area contributed by atoms with Crippen molar-refractivity contribution >= 4 is 11.8 Å². The summed E-state index contributed by atoms with van der Waals surface area (Å²) in [6.45, 7) is 2.00. The van der Waals surface area contributed by atoms with Crippen LogP contribution in [-0.2, 0) is 16.1 Å². The maximum absolute atomic E-state index is 12.7. The van der Waals surface area contributed by atoms with E-state index in [4.69, 9.17) is 0 Å². The molecule has 108 valence electrons. The lowest BCUT2D eigenvalue weighted by Crippen LogP contribution is -2.43. The van der Waals surface area contributed by atoms with Crippen molar-refractivity contribution in [1.29, 1.82) is 0 Å². The number of rotatable bonds is 3. The van der Waals surface area contributed by atoms with E-state index in [1.54, 1.807) is 4.90 Å². The molecule has 2 aliphatic rings. The van der Waals surface area contributed by atoms with Crippen LogP contribution in [0.25, 0.3) is 0 Å². The normalized spacial score (nSPS) is 23.8. The van der Waals surface area contributed by atoms with Crippen molar-refractivity contribution in [1.82, 2.24) is 10.2 Å². The highest BCUT2D eigenvalue weighted by atomic mass is 16.2. The summed E-state index contributed by atoms with van der Waals surface area (Å²) in [7, 11) is 0. The predicted octanol–water partition coefficient (Wildman–Crippen LogP) is 1.99. The maximum atomic E-state index is 12.7. The summed E-state index contributed by atoms with van der Waals surface area (Å²) in [6.07, 6.45) is 6.79. The Labute approximate surface area is 124 Å². The first-order valence-corrected chi connectivity index (χ1v) is 7.16. The highest BCUT2D eigenvalue weighted by Crippen LogP contribution is 2.35. The molecule has 0 bridgehead atoms. The number of fused-ring (bicyclic) bond motifs is 1. The van der Waals surface area contributed by atoms with Gasteiger partial charge in [-0.25, -0.2) is 0 Å². The second-order valence-corrected chi connectivity index (χ2v) is 5.45. The Morgan fingerprint density at radius 1 is 1.33 bits per heavy atom. The van der Waals surface area contributed by atoms with Crippen LogP contribution in [0.2, 0.25) is 0 Å². The summed E-state index contributed by atoms with van der Waals surface area (Å²) in [6, 6.07) is 9.46. The lowest BCUT2D eigenvalue weighted by atomic mass is 9.93. The van der Waals surface area contributed by atoms with E-state index in [2.05, 4.69) is 5.32 Å². The topological polar surface area (TPSA) is 49.4 Å². The van der Waals surface area contributed by atoms with E-state index < -0.39 is 6.04 Å². The number of nitrogens with one attached hydrogen (secondary N) is 1. The molecule has 0 saturated carbocycles. The number of carbonyl (C=O) groups excluding carboxylic acids is 2. The smallest absolute Gasteiger partial charge is 0.250 e. The van der Waals surface area contributed by atoms with Gasteiger partial charge in [-0.05, 0) is 18.1 Å². The predicted molar refractivity (Wildman–Crippen MR) is 79.9 cm³/mol. The van der Waals surface area contributed by atoms with Gasteiger partial charge in [-0.1, -0.05) is 42.5 Å². The SMILES string of the molecule is CC(=O)NC1C(=O)N(Cc2ccccc2)C2=CC=CCC21. The van der Waals surface area contributed by atoms with Gasteiger partial charge in [0, 0.05) is 18.5 Å². The van der Waals surface area contributed by atoms with Gasteiger partial charge in [0.25, 0.3) is 0 Å². The van der Waals surface area contributed by atoms with Gasteiger partial charge in [0.1, 0.15) is 6.04 Å². The number of benzene rings is 1. The molecule has 2 atom stereocenters. The summed E-state index contributed by atoms with van der Waals surface area (Å²) in [5, 5.41) is 2.80. The Kier molecular flexibility index (Phi) is 3.60. The average molecular weight is 282 g/mol. The Hall–Kier alpha value is -2.36. The standard InChI is InChI=1S/C17H18N2O2/c1-12(20)18-16-14-9-5-6-10-15(14)19(17(16)21)11-13-7-3-2-4-8-13/h2-8,10,14,16H,9,11H2,1H3,(H,18,20). The number of allylic oxidation sites excluding steroid dienone is 3. The first-order valence-electron chi connectivity index (χ1n) is 7.16. The van der Waals surface area contributed by atoms with E-state index in [-0.39, 0.29) is 17.7 Å². The Balaban J connectivity index is 1.88. The molecule has 1 aliphatic carbocycles. The lowest BCUT2D eigenvalue weighted by Gasteiger charge is -2.21. The van der Waals surface area contributed by atoms with Gasteiger partial charge in [0.15, 0.2) is 0 Å². The van der Waals surface area contributed by atoms with Gasteiger partial charge in [-0.3, -0.25) is 9.59 Å². The first-order chi connectivity index (χ1) is 10.2. The fourth-order valence-corrected chi connectivity index (χ4v) is 3.02. The Morgan fingerprint density at radius 3 is 2.81 bits per heavy atom. The van der Waals surface area contributed by atoms with E-state index >= 15 is 0 Å². The van der Waals surface area contributed by atoms with Crippen molar-refractivity contribution in [3.63, 3.8) is 0 Å². The number of nitrogens with zero attached hydrogens (tertiary/aromatic N) is 1. The van der Waals surface area contributed by atoms with Crippen LogP contribution in [0.5, 0.6) is 0 Å². The molecule has 1 aromatic carbocycles. The van der Waals surface area contributed by atoms with Crippen molar-refractivity contribution in [3.05, 3.63) is 59.8 Å². The van der Waals surface area contributed by atoms with Gasteiger partial charge in [0.05, 0.1) is 6.54 Å². The number of hydrogen-bond acceptors (Lipinski definition) is 2. The van der Waals surface area contributed by atoms with Gasteiger partial charge in [-0.2, -0.15) is 0 Å². The fourth-order valence-electron chi connectivity index (χ4n) is 3.02. The largest absolute Gasteiger partial charge is 0.344 e. The molecule has 1 aliphatic heterocycles. The van der Waals surface area contributed by atoms with Gasteiger partial charge >= 0.3 is 0 Å². The van der Waals surface area contributed by atoms with Crippen LogP contribution in [-0.4, -0.2) is 22.8 Å². The van der Waals surface area contributed by atoms with Crippen LogP contribution in [0.4, 0.5) is 0 Å². The summed E-state index contributed by atoms with van der Waals surface area (Å²) in [5.41, 5.74) is 2.09. The minimum atomic E-state index is -0.442. The minimum absolute atomic E-state index is 0.0194. The third-order valence-corrected chi connectivity index (χ3v) is 3.96. The quantitative estimate of drug-likeness (QED) is 0.921. The molecule has 1 saturated heterocycles. The maximum Gasteiger partial charge on any atom is 0.250 e. The van der Waals surface area contributed by atoms with Crippen LogP contribution in [0.15, 0.2) is 54.3 Å². The molecule has 4 heteroatoms. The van der Waals surface area contributed by atoms with Crippen molar-refractivity contribution in [2.45, 2.75) is 25.9 Å². The van der Waals surface area contributed by atoms with Crippen LogP contribution < -0.4 is 5.32 Å². The number of amides is 2. The van der Waals surface area contributed by atoms with Crippen molar-refractivity contribution in [2.75, 3.05) is 0 Å². The van der Waals surface area contributed by atoms with Crippen LogP contribution in [0.3, 0.4) is 0 Å². The summed E-state index contributed by atoms with van der Waals surface area (Å²) < 4.78 is 0. The molecule has 21 heavy (non-hydrogen) atoms. The van der Waals surface area contributed by atoms with Crippen LogP contribution in [0.1, 0.15) is 18.9 Å². The second kappa shape index (κ2) is 5.56. The zero-order chi connectivity index (χ0) is 14.8. The summed E-state index contributed by atoms with van der Waals surface area (Å²) >= 11 is 0.